The Bertz CT molecular complexity index is 399. The first kappa shape index (κ1) is 22.3. The van der Waals surface area contributed by atoms with E-state index in [-0.39, 0.29) is 23.6 Å². The van der Waals surface area contributed by atoms with E-state index in [4.69, 9.17) is 49.4 Å². The molecular formula is C15H28Cl3NO2Si. The van der Waals surface area contributed by atoms with Gasteiger partial charge in [-0.1, -0.05) is 81.6 Å². The van der Waals surface area contributed by atoms with E-state index >= 15 is 0 Å². The Hall–Kier alpha value is 0.257. The summed E-state index contributed by atoms with van der Waals surface area (Å²) >= 11 is 16.9. The molecule has 0 aromatic rings. The molecule has 7 heteroatoms. The Morgan fingerprint density at radius 1 is 1.14 bits per heavy atom. The molecule has 0 aromatic carbocycles. The van der Waals surface area contributed by atoms with Crippen LogP contribution in [0.25, 0.3) is 0 Å². The third-order valence-corrected chi connectivity index (χ3v) is 8.63. The lowest BCUT2D eigenvalue weighted by Crippen LogP contribution is -2.45. The molecule has 22 heavy (non-hydrogen) atoms. The van der Waals surface area contributed by atoms with Gasteiger partial charge in [0.2, 0.25) is 5.90 Å². The number of alkyl halides is 3. The van der Waals surface area contributed by atoms with Gasteiger partial charge in [-0.2, -0.15) is 0 Å². The summed E-state index contributed by atoms with van der Waals surface area (Å²) in [7, 11) is -1.96. The van der Waals surface area contributed by atoms with Gasteiger partial charge in [0.25, 0.3) is 3.79 Å². The van der Waals surface area contributed by atoms with Crippen LogP contribution >= 0.6 is 34.8 Å². The largest absolute Gasteiger partial charge is 0.475 e. The molecular weight excluding hydrogens is 361 g/mol. The van der Waals surface area contributed by atoms with Gasteiger partial charge in [-0.3, -0.25) is 5.41 Å². The molecule has 0 radical (unpaired) electrons. The van der Waals surface area contributed by atoms with Gasteiger partial charge in [-0.25, -0.2) is 0 Å². The van der Waals surface area contributed by atoms with Crippen LogP contribution in [0.2, 0.25) is 18.1 Å². The number of hydrogen-bond donors (Lipinski definition) is 1. The predicted octanol–water partition coefficient (Wildman–Crippen LogP) is 5.95. The molecule has 0 spiro atoms. The monoisotopic (exact) mass is 387 g/mol. The quantitative estimate of drug-likeness (QED) is 0.201. The lowest BCUT2D eigenvalue weighted by atomic mass is 10.2. The van der Waals surface area contributed by atoms with Gasteiger partial charge in [0.15, 0.2) is 8.32 Å². The van der Waals surface area contributed by atoms with Gasteiger partial charge in [0, 0.05) is 0 Å². The molecule has 0 rings (SSSR count). The number of rotatable bonds is 6. The molecule has 0 fully saturated rings. The maximum atomic E-state index is 7.62. The van der Waals surface area contributed by atoms with Gasteiger partial charge in [0.05, 0.1) is 6.10 Å². The van der Waals surface area contributed by atoms with Crippen LogP contribution in [0.5, 0.6) is 0 Å². The fraction of sp³-hybridized carbons (Fsp3) is 0.800. The number of halogens is 3. The molecule has 3 nitrogen and oxygen atoms in total. The second kappa shape index (κ2) is 8.38. The summed E-state index contributed by atoms with van der Waals surface area (Å²) in [6, 6.07) is 0. The second-order valence-electron chi connectivity index (χ2n) is 7.18. The zero-order chi connectivity index (χ0) is 17.8. The van der Waals surface area contributed by atoms with Crippen molar-refractivity contribution in [1.82, 2.24) is 0 Å². The molecule has 0 aliphatic rings. The second-order valence-corrected chi connectivity index (χ2v) is 14.2. The molecule has 1 N–H and O–H groups in total. The SMILES string of the molecule is CC(C)/C=C\[C@@H](COC(=N)C(Cl)(Cl)Cl)O[Si](C)(C)C(C)(C)C. The van der Waals surface area contributed by atoms with E-state index in [9.17, 15) is 0 Å². The van der Waals surface area contributed by atoms with E-state index in [0.717, 1.165) is 0 Å². The van der Waals surface area contributed by atoms with Crippen LogP contribution in [0, 0.1) is 11.3 Å². The van der Waals surface area contributed by atoms with Crippen molar-refractivity contribution in [3.63, 3.8) is 0 Å². The third kappa shape index (κ3) is 8.21. The average molecular weight is 389 g/mol. The number of allylic oxidation sites excluding steroid dienone is 1. The zero-order valence-electron chi connectivity index (χ0n) is 14.5. The van der Waals surface area contributed by atoms with Crippen LogP contribution in [0.4, 0.5) is 0 Å². The fourth-order valence-electron chi connectivity index (χ4n) is 1.28. The Morgan fingerprint density at radius 2 is 1.64 bits per heavy atom. The highest BCUT2D eigenvalue weighted by Crippen LogP contribution is 2.37. The van der Waals surface area contributed by atoms with Crippen molar-refractivity contribution < 1.29 is 9.16 Å². The smallest absolute Gasteiger partial charge is 0.265 e. The zero-order valence-corrected chi connectivity index (χ0v) is 17.7. The molecule has 0 aromatic heterocycles. The van der Waals surface area contributed by atoms with Gasteiger partial charge in [0.1, 0.15) is 6.61 Å². The van der Waals surface area contributed by atoms with E-state index in [1.165, 1.54) is 0 Å². The summed E-state index contributed by atoms with van der Waals surface area (Å²) in [6.07, 6.45) is 3.76. The van der Waals surface area contributed by atoms with Crippen molar-refractivity contribution in [3.8, 4) is 0 Å². The van der Waals surface area contributed by atoms with Gasteiger partial charge < -0.3 is 9.16 Å². The molecule has 0 heterocycles. The molecule has 0 aliphatic heterocycles. The lowest BCUT2D eigenvalue weighted by molar-refractivity contribution is 0.141. The lowest BCUT2D eigenvalue weighted by Gasteiger charge is -2.38. The van der Waals surface area contributed by atoms with E-state index in [1.54, 1.807) is 0 Å². The summed E-state index contributed by atoms with van der Waals surface area (Å²) in [5.41, 5.74) is 0. The number of ether oxygens (including phenoxy) is 1. The Balaban J connectivity index is 4.97. The molecule has 130 valence electrons. The molecule has 0 bridgehead atoms. The highest BCUT2D eigenvalue weighted by atomic mass is 35.6. The van der Waals surface area contributed by atoms with Crippen molar-refractivity contribution in [2.75, 3.05) is 6.61 Å². The van der Waals surface area contributed by atoms with E-state index in [0.29, 0.717) is 5.92 Å². The van der Waals surface area contributed by atoms with Crippen LogP contribution in [0.3, 0.4) is 0 Å². The molecule has 1 atom stereocenters. The van der Waals surface area contributed by atoms with Crippen LogP contribution < -0.4 is 0 Å². The van der Waals surface area contributed by atoms with Crippen molar-refractivity contribution in [2.45, 2.75) is 62.6 Å². The molecule has 0 amide bonds. The third-order valence-electron chi connectivity index (χ3n) is 3.61. The van der Waals surface area contributed by atoms with Crippen molar-refractivity contribution in [1.29, 1.82) is 5.41 Å². The standard InChI is InChI=1S/C15H28Cl3NO2Si/c1-11(2)8-9-12(10-20-13(19)15(16,17)18)21-22(6,7)14(3,4)5/h8-9,11-12,19H,10H2,1-7H3/b9-8-,19-13?/t12-/m0/s1. The Morgan fingerprint density at radius 3 is 2.00 bits per heavy atom. The Kier molecular flexibility index (Phi) is 8.48. The minimum atomic E-state index is -1.96. The number of hydrogen-bond acceptors (Lipinski definition) is 3. The van der Waals surface area contributed by atoms with Crippen molar-refractivity contribution in [2.24, 2.45) is 5.92 Å². The maximum Gasteiger partial charge on any atom is 0.265 e. The van der Waals surface area contributed by atoms with Crippen LogP contribution in [-0.4, -0.2) is 30.7 Å². The van der Waals surface area contributed by atoms with E-state index in [2.05, 4.69) is 53.8 Å². The van der Waals surface area contributed by atoms with Gasteiger partial charge in [-0.15, -0.1) is 0 Å². The summed E-state index contributed by atoms with van der Waals surface area (Å²) in [6.45, 7) is 15.2. The van der Waals surface area contributed by atoms with E-state index in [1.807, 2.05) is 6.08 Å². The Labute approximate surface area is 150 Å². The minimum Gasteiger partial charge on any atom is -0.475 e. The van der Waals surface area contributed by atoms with Crippen molar-refractivity contribution in [3.05, 3.63) is 12.2 Å². The highest BCUT2D eigenvalue weighted by Gasteiger charge is 2.39. The van der Waals surface area contributed by atoms with Crippen LogP contribution in [-0.2, 0) is 9.16 Å². The summed E-state index contributed by atoms with van der Waals surface area (Å²) in [4.78, 5) is 0. The first-order chi connectivity index (χ1) is 9.67. The molecule has 0 aliphatic carbocycles. The molecule has 0 saturated heterocycles. The normalized spacial score (nSPS) is 15.4. The number of nitrogens with one attached hydrogen (secondary N) is 1. The highest BCUT2D eigenvalue weighted by molar-refractivity contribution is 6.76. The summed E-state index contributed by atoms with van der Waals surface area (Å²) in [5, 5.41) is 7.70. The minimum absolute atomic E-state index is 0.0830. The van der Waals surface area contributed by atoms with Gasteiger partial charge in [-0.05, 0) is 24.1 Å². The topological polar surface area (TPSA) is 42.3 Å². The van der Waals surface area contributed by atoms with Crippen molar-refractivity contribution >= 4 is 49.0 Å². The maximum absolute atomic E-state index is 7.62. The summed E-state index contributed by atoms with van der Waals surface area (Å²) in [5.74, 6) is 0.0115. The fourth-order valence-corrected chi connectivity index (χ4v) is 2.70. The summed E-state index contributed by atoms with van der Waals surface area (Å²) < 4.78 is 9.77. The van der Waals surface area contributed by atoms with E-state index < -0.39 is 12.1 Å². The van der Waals surface area contributed by atoms with Crippen LogP contribution in [0.15, 0.2) is 12.2 Å². The molecule has 0 saturated carbocycles. The average Bonchev–Trinajstić information content (AvgIpc) is 2.29. The first-order valence-electron chi connectivity index (χ1n) is 7.31. The molecule has 0 unspecified atom stereocenters. The van der Waals surface area contributed by atoms with Gasteiger partial charge >= 0.3 is 0 Å². The van der Waals surface area contributed by atoms with Crippen LogP contribution in [0.1, 0.15) is 34.6 Å². The first-order valence-corrected chi connectivity index (χ1v) is 11.4. The predicted molar refractivity (Wildman–Crippen MR) is 100 cm³/mol.